The van der Waals surface area contributed by atoms with E-state index < -0.39 is 0 Å². The number of hydrogen-bond acceptors (Lipinski definition) is 2. The van der Waals surface area contributed by atoms with Crippen LogP contribution >= 0.6 is 0 Å². The Balaban J connectivity index is 1.71. The van der Waals surface area contributed by atoms with Gasteiger partial charge in [0.05, 0.1) is 13.2 Å². The predicted molar refractivity (Wildman–Crippen MR) is 67.0 cm³/mol. The third-order valence-corrected chi connectivity index (χ3v) is 4.19. The van der Waals surface area contributed by atoms with E-state index in [9.17, 15) is 0 Å². The number of aryl methyl sites for hydroxylation is 1. The van der Waals surface area contributed by atoms with Crippen molar-refractivity contribution in [3.63, 3.8) is 0 Å². The van der Waals surface area contributed by atoms with Gasteiger partial charge in [-0.05, 0) is 36.8 Å². The molecule has 0 unspecified atom stereocenters. The molecule has 17 heavy (non-hydrogen) atoms. The van der Waals surface area contributed by atoms with Crippen LogP contribution in [0.15, 0.2) is 24.3 Å². The number of ether oxygens (including phenoxy) is 2. The van der Waals surface area contributed by atoms with Crippen molar-refractivity contribution < 1.29 is 9.47 Å². The second-order valence-corrected chi connectivity index (χ2v) is 5.24. The zero-order chi connectivity index (χ0) is 11.7. The van der Waals surface area contributed by atoms with E-state index in [-0.39, 0.29) is 5.79 Å². The van der Waals surface area contributed by atoms with Gasteiger partial charge in [0.25, 0.3) is 0 Å². The first-order valence-electron chi connectivity index (χ1n) is 6.63. The van der Waals surface area contributed by atoms with Crippen molar-refractivity contribution in [2.45, 2.75) is 44.3 Å². The Bertz CT molecular complexity index is 384. The third kappa shape index (κ3) is 2.12. The molecular formula is C15H20O2. The van der Waals surface area contributed by atoms with Crippen LogP contribution in [0.1, 0.15) is 42.7 Å². The monoisotopic (exact) mass is 232 g/mol. The molecule has 0 aromatic heterocycles. The first kappa shape index (κ1) is 11.2. The lowest BCUT2D eigenvalue weighted by Crippen LogP contribution is -2.34. The molecule has 1 aliphatic carbocycles. The minimum absolute atomic E-state index is 0.223. The first-order valence-corrected chi connectivity index (χ1v) is 6.63. The highest BCUT2D eigenvalue weighted by Gasteiger charge is 2.40. The first-order chi connectivity index (χ1) is 8.29. The number of rotatable bonds is 1. The van der Waals surface area contributed by atoms with Crippen LogP contribution in [-0.2, 0) is 9.47 Å². The van der Waals surface area contributed by atoms with Gasteiger partial charge in [-0.3, -0.25) is 0 Å². The molecule has 2 heteroatoms. The summed E-state index contributed by atoms with van der Waals surface area (Å²) in [5.74, 6) is 0.466. The molecule has 1 saturated heterocycles. The minimum Gasteiger partial charge on any atom is -0.348 e. The summed E-state index contributed by atoms with van der Waals surface area (Å²) >= 11 is 0. The van der Waals surface area contributed by atoms with E-state index >= 15 is 0 Å². The fraction of sp³-hybridized carbons (Fsp3) is 0.600. The predicted octanol–water partition coefficient (Wildman–Crippen LogP) is 3.40. The molecule has 0 bridgehead atoms. The van der Waals surface area contributed by atoms with Crippen LogP contribution in [0.3, 0.4) is 0 Å². The maximum atomic E-state index is 5.77. The van der Waals surface area contributed by atoms with Gasteiger partial charge in [-0.25, -0.2) is 0 Å². The fourth-order valence-corrected chi connectivity index (χ4v) is 3.20. The molecule has 1 saturated carbocycles. The topological polar surface area (TPSA) is 18.5 Å². The van der Waals surface area contributed by atoms with E-state index in [4.69, 9.17) is 9.47 Å². The number of hydrogen-bond donors (Lipinski definition) is 0. The van der Waals surface area contributed by atoms with Crippen molar-refractivity contribution in [1.29, 1.82) is 0 Å². The molecule has 1 spiro atoms. The largest absolute Gasteiger partial charge is 0.348 e. The molecule has 1 aromatic rings. The second-order valence-electron chi connectivity index (χ2n) is 5.24. The average molecular weight is 232 g/mol. The summed E-state index contributed by atoms with van der Waals surface area (Å²) < 4.78 is 11.5. The van der Waals surface area contributed by atoms with E-state index in [1.54, 1.807) is 0 Å². The van der Waals surface area contributed by atoms with Crippen molar-refractivity contribution in [1.82, 2.24) is 0 Å². The molecular weight excluding hydrogens is 212 g/mol. The maximum absolute atomic E-state index is 5.77. The Kier molecular flexibility index (Phi) is 2.93. The summed E-state index contributed by atoms with van der Waals surface area (Å²) in [6, 6.07) is 8.75. The molecule has 2 nitrogen and oxygen atoms in total. The average Bonchev–Trinajstić information content (AvgIpc) is 2.80. The van der Waals surface area contributed by atoms with E-state index in [2.05, 4.69) is 31.2 Å². The lowest BCUT2D eigenvalue weighted by Gasteiger charge is -2.36. The van der Waals surface area contributed by atoms with E-state index in [1.807, 2.05) is 0 Å². The van der Waals surface area contributed by atoms with Crippen molar-refractivity contribution in [2.24, 2.45) is 0 Å². The van der Waals surface area contributed by atoms with Crippen molar-refractivity contribution in [2.75, 3.05) is 13.2 Å². The molecule has 0 amide bonds. The van der Waals surface area contributed by atoms with Gasteiger partial charge in [-0.1, -0.05) is 24.3 Å². The fourth-order valence-electron chi connectivity index (χ4n) is 3.20. The van der Waals surface area contributed by atoms with E-state index in [1.165, 1.54) is 24.0 Å². The molecule has 0 radical (unpaired) electrons. The Morgan fingerprint density at radius 1 is 1.06 bits per heavy atom. The Hall–Kier alpha value is -0.860. The van der Waals surface area contributed by atoms with E-state index in [0.717, 1.165) is 26.1 Å². The molecule has 3 rings (SSSR count). The van der Waals surface area contributed by atoms with Gasteiger partial charge in [0.1, 0.15) is 0 Å². The summed E-state index contributed by atoms with van der Waals surface area (Å²) in [5, 5.41) is 0. The highest BCUT2D eigenvalue weighted by atomic mass is 16.7. The van der Waals surface area contributed by atoms with Gasteiger partial charge in [-0.15, -0.1) is 0 Å². The van der Waals surface area contributed by atoms with Crippen LogP contribution in [0.25, 0.3) is 0 Å². The van der Waals surface area contributed by atoms with Gasteiger partial charge < -0.3 is 9.47 Å². The Morgan fingerprint density at radius 2 is 1.71 bits per heavy atom. The van der Waals surface area contributed by atoms with Crippen molar-refractivity contribution >= 4 is 0 Å². The van der Waals surface area contributed by atoms with Crippen LogP contribution in [-0.4, -0.2) is 19.0 Å². The van der Waals surface area contributed by atoms with Crippen LogP contribution in [0.4, 0.5) is 0 Å². The SMILES string of the molecule is Cc1ccccc1C1CCC2(CC1)OCCO2. The molecule has 2 fully saturated rings. The van der Waals surface area contributed by atoms with Crippen LogP contribution in [0.5, 0.6) is 0 Å². The van der Waals surface area contributed by atoms with Gasteiger partial charge in [0, 0.05) is 12.8 Å². The zero-order valence-corrected chi connectivity index (χ0v) is 10.4. The molecule has 2 aliphatic rings. The molecule has 92 valence electrons. The zero-order valence-electron chi connectivity index (χ0n) is 10.4. The second kappa shape index (κ2) is 4.43. The van der Waals surface area contributed by atoms with Gasteiger partial charge >= 0.3 is 0 Å². The third-order valence-electron chi connectivity index (χ3n) is 4.19. The van der Waals surface area contributed by atoms with Gasteiger partial charge in [0.2, 0.25) is 0 Å². The summed E-state index contributed by atoms with van der Waals surface area (Å²) in [4.78, 5) is 0. The summed E-state index contributed by atoms with van der Waals surface area (Å²) in [5.41, 5.74) is 2.93. The maximum Gasteiger partial charge on any atom is 0.168 e. The smallest absolute Gasteiger partial charge is 0.168 e. The summed E-state index contributed by atoms with van der Waals surface area (Å²) in [7, 11) is 0. The van der Waals surface area contributed by atoms with Crippen molar-refractivity contribution in [3.05, 3.63) is 35.4 Å². The highest BCUT2D eigenvalue weighted by molar-refractivity contribution is 5.29. The van der Waals surface area contributed by atoms with Crippen LogP contribution in [0.2, 0.25) is 0 Å². The number of benzene rings is 1. The van der Waals surface area contributed by atoms with Crippen LogP contribution < -0.4 is 0 Å². The highest BCUT2D eigenvalue weighted by Crippen LogP contribution is 2.42. The quantitative estimate of drug-likeness (QED) is 0.739. The molecule has 0 atom stereocenters. The minimum atomic E-state index is -0.223. The van der Waals surface area contributed by atoms with Gasteiger partial charge in [-0.2, -0.15) is 0 Å². The standard InChI is InChI=1S/C15H20O2/c1-12-4-2-3-5-14(12)13-6-8-15(9-7-13)16-10-11-17-15/h2-5,13H,6-11H2,1H3. The van der Waals surface area contributed by atoms with Crippen molar-refractivity contribution in [3.8, 4) is 0 Å². The molecule has 1 heterocycles. The Labute approximate surface area is 103 Å². The summed E-state index contributed by atoms with van der Waals surface area (Å²) in [6.45, 7) is 3.76. The van der Waals surface area contributed by atoms with Gasteiger partial charge in [0.15, 0.2) is 5.79 Å². The molecule has 1 aliphatic heterocycles. The normalized spacial score (nSPS) is 24.3. The lowest BCUT2D eigenvalue weighted by molar-refractivity contribution is -0.178. The Morgan fingerprint density at radius 3 is 2.35 bits per heavy atom. The summed E-state index contributed by atoms with van der Waals surface area (Å²) in [6.07, 6.45) is 4.47. The molecule has 1 aromatic carbocycles. The molecule has 0 N–H and O–H groups in total. The van der Waals surface area contributed by atoms with Crippen LogP contribution in [0, 0.1) is 6.92 Å². The van der Waals surface area contributed by atoms with E-state index in [0.29, 0.717) is 5.92 Å². The lowest BCUT2D eigenvalue weighted by atomic mass is 9.79.